The molecule has 0 spiro atoms. The fourth-order valence-corrected chi connectivity index (χ4v) is 2.88. The second kappa shape index (κ2) is 4.49. The summed E-state index contributed by atoms with van der Waals surface area (Å²) in [6.07, 6.45) is 6.01. The van der Waals surface area contributed by atoms with Gasteiger partial charge in [-0.1, -0.05) is 30.1 Å². The number of nitrogens with two attached hydrogens (primary N) is 1. The summed E-state index contributed by atoms with van der Waals surface area (Å²) in [5.74, 6) is 0.601. The van der Waals surface area contributed by atoms with Crippen LogP contribution in [0.4, 0.5) is 0 Å². The quantitative estimate of drug-likeness (QED) is 0.881. The summed E-state index contributed by atoms with van der Waals surface area (Å²) in [4.78, 5) is 0. The molecule has 0 bridgehead atoms. The van der Waals surface area contributed by atoms with Gasteiger partial charge in [-0.2, -0.15) is 0 Å². The topological polar surface area (TPSA) is 52.0 Å². The van der Waals surface area contributed by atoms with Crippen molar-refractivity contribution in [3.8, 4) is 0 Å². The second-order valence-electron chi connectivity index (χ2n) is 4.88. The lowest BCUT2D eigenvalue weighted by molar-refractivity contribution is 0.435. The van der Waals surface area contributed by atoms with Gasteiger partial charge in [0.15, 0.2) is 5.58 Å². The van der Waals surface area contributed by atoms with E-state index in [1.54, 1.807) is 0 Å². The maximum atomic E-state index is 5.62. The zero-order valence-electron chi connectivity index (χ0n) is 9.98. The van der Waals surface area contributed by atoms with Crippen LogP contribution in [0.2, 0.25) is 0 Å². The van der Waals surface area contributed by atoms with E-state index in [1.165, 1.54) is 36.6 Å². The number of hydrogen-bond acceptors (Lipinski definition) is 3. The zero-order chi connectivity index (χ0) is 11.7. The van der Waals surface area contributed by atoms with Crippen molar-refractivity contribution in [1.82, 2.24) is 5.16 Å². The van der Waals surface area contributed by atoms with E-state index in [1.807, 2.05) is 0 Å². The Bertz CT molecular complexity index is 512. The van der Waals surface area contributed by atoms with Crippen LogP contribution in [0.1, 0.15) is 42.9 Å². The van der Waals surface area contributed by atoms with Crippen molar-refractivity contribution in [2.24, 2.45) is 5.73 Å². The molecule has 0 unspecified atom stereocenters. The molecule has 0 radical (unpaired) electrons. The molecule has 0 amide bonds. The van der Waals surface area contributed by atoms with E-state index in [2.05, 4.69) is 23.4 Å². The van der Waals surface area contributed by atoms with Gasteiger partial charge in [-0.15, -0.1) is 0 Å². The highest BCUT2D eigenvalue weighted by atomic mass is 16.5. The van der Waals surface area contributed by atoms with Crippen LogP contribution < -0.4 is 5.73 Å². The first-order valence-electron chi connectivity index (χ1n) is 6.47. The van der Waals surface area contributed by atoms with Gasteiger partial charge in [-0.05, 0) is 37.4 Å². The van der Waals surface area contributed by atoms with Gasteiger partial charge in [-0.3, -0.25) is 0 Å². The molecule has 0 saturated heterocycles. The average molecular weight is 230 g/mol. The Morgan fingerprint density at radius 1 is 1.29 bits per heavy atom. The predicted octanol–water partition coefficient (Wildman–Crippen LogP) is 2.99. The summed E-state index contributed by atoms with van der Waals surface area (Å²) in [5, 5.41) is 5.50. The average Bonchev–Trinajstić information content (AvgIpc) is 2.97. The van der Waals surface area contributed by atoms with Crippen LogP contribution in [0.15, 0.2) is 22.7 Å². The van der Waals surface area contributed by atoms with Crippen LogP contribution in [0.5, 0.6) is 0 Å². The molecule has 1 aromatic heterocycles. The van der Waals surface area contributed by atoms with Gasteiger partial charge >= 0.3 is 0 Å². The first-order chi connectivity index (χ1) is 8.40. The van der Waals surface area contributed by atoms with Gasteiger partial charge in [0, 0.05) is 11.3 Å². The van der Waals surface area contributed by atoms with E-state index < -0.39 is 0 Å². The lowest BCUT2D eigenvalue weighted by atomic mass is 9.99. The molecule has 3 rings (SSSR count). The Kier molecular flexibility index (Phi) is 2.85. The molecule has 1 fully saturated rings. The van der Waals surface area contributed by atoms with E-state index >= 15 is 0 Å². The number of nitrogens with zero attached hydrogens (tertiary/aromatic N) is 1. The molecule has 3 heteroatoms. The van der Waals surface area contributed by atoms with Crippen molar-refractivity contribution in [1.29, 1.82) is 0 Å². The molecule has 3 nitrogen and oxygen atoms in total. The fraction of sp³-hybridized carbons (Fsp3) is 0.500. The number of aromatic nitrogens is 1. The highest BCUT2D eigenvalue weighted by Crippen LogP contribution is 2.37. The summed E-state index contributed by atoms with van der Waals surface area (Å²) in [7, 11) is 0. The normalized spacial score (nSPS) is 17.0. The van der Waals surface area contributed by atoms with Gasteiger partial charge in [0.1, 0.15) is 0 Å². The number of para-hydroxylation sites is 1. The van der Waals surface area contributed by atoms with Crippen molar-refractivity contribution in [3.05, 3.63) is 29.5 Å². The maximum absolute atomic E-state index is 5.62. The molecule has 2 aromatic rings. The van der Waals surface area contributed by atoms with Crippen LogP contribution in [0.3, 0.4) is 0 Å². The lowest BCUT2D eigenvalue weighted by Gasteiger charge is -2.04. The molecule has 0 aliphatic heterocycles. The third-order valence-electron chi connectivity index (χ3n) is 3.76. The first kappa shape index (κ1) is 10.8. The molecule has 1 aliphatic rings. The van der Waals surface area contributed by atoms with E-state index in [-0.39, 0.29) is 0 Å². The molecule has 1 aliphatic carbocycles. The number of rotatable bonds is 3. The summed E-state index contributed by atoms with van der Waals surface area (Å²) >= 11 is 0. The van der Waals surface area contributed by atoms with Crippen molar-refractivity contribution < 1.29 is 4.52 Å². The Balaban J connectivity index is 2.06. The minimum absolute atomic E-state index is 0.601. The van der Waals surface area contributed by atoms with Crippen molar-refractivity contribution in [3.63, 3.8) is 0 Å². The van der Waals surface area contributed by atoms with Gasteiger partial charge in [0.25, 0.3) is 0 Å². The Morgan fingerprint density at radius 3 is 2.88 bits per heavy atom. The molecular formula is C14H18N2O. The minimum Gasteiger partial charge on any atom is -0.356 e. The SMILES string of the molecule is NCCc1cccc2c(C3CCCC3)noc12. The van der Waals surface area contributed by atoms with Crippen LogP contribution in [0, 0.1) is 0 Å². The number of fused-ring (bicyclic) bond motifs is 1. The van der Waals surface area contributed by atoms with Crippen LogP contribution >= 0.6 is 0 Å². The van der Waals surface area contributed by atoms with Crippen molar-refractivity contribution in [2.75, 3.05) is 6.54 Å². The van der Waals surface area contributed by atoms with E-state index in [4.69, 9.17) is 10.3 Å². The second-order valence-corrected chi connectivity index (χ2v) is 4.88. The van der Waals surface area contributed by atoms with Crippen LogP contribution in [0.25, 0.3) is 11.0 Å². The van der Waals surface area contributed by atoms with Gasteiger partial charge < -0.3 is 10.3 Å². The molecule has 2 N–H and O–H groups in total. The third kappa shape index (κ3) is 1.84. The summed E-state index contributed by atoms with van der Waals surface area (Å²) < 4.78 is 5.54. The number of benzene rings is 1. The van der Waals surface area contributed by atoms with Gasteiger partial charge in [-0.25, -0.2) is 0 Å². The van der Waals surface area contributed by atoms with Crippen LogP contribution in [-0.2, 0) is 6.42 Å². The van der Waals surface area contributed by atoms with Crippen molar-refractivity contribution >= 4 is 11.0 Å². The molecule has 17 heavy (non-hydrogen) atoms. The van der Waals surface area contributed by atoms with Crippen molar-refractivity contribution in [2.45, 2.75) is 38.0 Å². The first-order valence-corrected chi connectivity index (χ1v) is 6.47. The summed E-state index contributed by atoms with van der Waals surface area (Å²) in [6.45, 7) is 0.651. The molecule has 90 valence electrons. The monoisotopic (exact) mass is 230 g/mol. The molecular weight excluding hydrogens is 212 g/mol. The Hall–Kier alpha value is -1.35. The summed E-state index contributed by atoms with van der Waals surface area (Å²) in [5.41, 5.74) is 8.91. The molecule has 0 atom stereocenters. The highest BCUT2D eigenvalue weighted by Gasteiger charge is 2.23. The lowest BCUT2D eigenvalue weighted by Crippen LogP contribution is -2.02. The van der Waals surface area contributed by atoms with Gasteiger partial charge in [0.2, 0.25) is 0 Å². The smallest absolute Gasteiger partial charge is 0.170 e. The van der Waals surface area contributed by atoms with Gasteiger partial charge in [0.05, 0.1) is 5.69 Å². The minimum atomic E-state index is 0.601. The molecule has 1 aromatic carbocycles. The highest BCUT2D eigenvalue weighted by molar-refractivity contribution is 5.83. The summed E-state index contributed by atoms with van der Waals surface area (Å²) in [6, 6.07) is 6.29. The van der Waals surface area contributed by atoms with E-state index in [0.29, 0.717) is 12.5 Å². The third-order valence-corrected chi connectivity index (χ3v) is 3.76. The Labute approximate surface area is 101 Å². The molecule has 1 heterocycles. The van der Waals surface area contributed by atoms with E-state index in [0.717, 1.165) is 17.7 Å². The predicted molar refractivity (Wildman–Crippen MR) is 68.0 cm³/mol. The Morgan fingerprint density at radius 2 is 2.12 bits per heavy atom. The standard InChI is InChI=1S/C14H18N2O/c15-9-8-11-6-3-7-12-13(16-17-14(11)12)10-4-1-2-5-10/h3,6-7,10H,1-2,4-5,8-9,15H2. The zero-order valence-corrected chi connectivity index (χ0v) is 9.98. The largest absolute Gasteiger partial charge is 0.356 e. The maximum Gasteiger partial charge on any atom is 0.170 e. The fourth-order valence-electron chi connectivity index (χ4n) is 2.88. The van der Waals surface area contributed by atoms with Crippen LogP contribution in [-0.4, -0.2) is 11.7 Å². The number of hydrogen-bond donors (Lipinski definition) is 1. The molecule has 1 saturated carbocycles. The van der Waals surface area contributed by atoms with E-state index in [9.17, 15) is 0 Å².